The van der Waals surface area contributed by atoms with Crippen LogP contribution in [0, 0.1) is 12.7 Å². The molecule has 3 rings (SSSR count). The van der Waals surface area contributed by atoms with Gasteiger partial charge in [0, 0.05) is 5.56 Å². The van der Waals surface area contributed by atoms with Crippen LogP contribution in [0.25, 0.3) is 5.69 Å². The van der Waals surface area contributed by atoms with Gasteiger partial charge < -0.3 is 5.32 Å². The molecule has 20 heavy (non-hydrogen) atoms. The Hall–Kier alpha value is -2.24. The SMILES string of the molecule is CC(=O)c1ccc(F)c2c1NC(C)(C)c1nnc(C)n1-2. The van der Waals surface area contributed by atoms with Crippen molar-refractivity contribution in [1.82, 2.24) is 14.8 Å². The second-order valence-electron chi connectivity index (χ2n) is 5.53. The molecule has 104 valence electrons. The topological polar surface area (TPSA) is 59.8 Å². The number of halogens is 1. The van der Waals surface area contributed by atoms with Gasteiger partial charge in [0.1, 0.15) is 17.3 Å². The summed E-state index contributed by atoms with van der Waals surface area (Å²) in [6.07, 6.45) is 0. The van der Waals surface area contributed by atoms with Crippen molar-refractivity contribution in [2.45, 2.75) is 33.2 Å². The lowest BCUT2D eigenvalue weighted by Crippen LogP contribution is -2.37. The fourth-order valence-corrected chi connectivity index (χ4v) is 2.61. The summed E-state index contributed by atoms with van der Waals surface area (Å²) in [5.74, 6) is 0.702. The van der Waals surface area contributed by atoms with Gasteiger partial charge in [0.25, 0.3) is 0 Å². The van der Waals surface area contributed by atoms with Crippen LogP contribution in [0.2, 0.25) is 0 Å². The lowest BCUT2D eigenvalue weighted by Gasteiger charge is -2.34. The van der Waals surface area contributed by atoms with E-state index in [9.17, 15) is 9.18 Å². The molecule has 2 heterocycles. The zero-order valence-electron chi connectivity index (χ0n) is 11.8. The van der Waals surface area contributed by atoms with Crippen molar-refractivity contribution in [1.29, 1.82) is 0 Å². The molecule has 0 amide bonds. The van der Waals surface area contributed by atoms with Gasteiger partial charge in [-0.15, -0.1) is 10.2 Å². The maximum Gasteiger partial charge on any atom is 0.162 e. The van der Waals surface area contributed by atoms with Crippen LogP contribution in [-0.2, 0) is 5.54 Å². The highest BCUT2D eigenvalue weighted by Gasteiger charge is 2.37. The molecule has 1 aliphatic rings. The maximum atomic E-state index is 14.3. The Morgan fingerprint density at radius 3 is 2.70 bits per heavy atom. The van der Waals surface area contributed by atoms with Crippen molar-refractivity contribution < 1.29 is 9.18 Å². The minimum atomic E-state index is -0.535. The van der Waals surface area contributed by atoms with Crippen molar-refractivity contribution in [3.63, 3.8) is 0 Å². The summed E-state index contributed by atoms with van der Waals surface area (Å²) in [7, 11) is 0. The van der Waals surface area contributed by atoms with Crippen LogP contribution >= 0.6 is 0 Å². The number of nitrogens with zero attached hydrogens (tertiary/aromatic N) is 3. The standard InChI is InChI=1S/C14H15FN4O/c1-7(20)9-5-6-10(15)12-11(9)16-14(3,4)13-18-17-8(2)19(12)13/h5-6,16H,1-4H3. The number of aryl methyl sites for hydroxylation is 1. The highest BCUT2D eigenvalue weighted by Crippen LogP contribution is 2.39. The number of ketones is 1. The summed E-state index contributed by atoms with van der Waals surface area (Å²) >= 11 is 0. The molecular formula is C14H15FN4O. The minimum absolute atomic E-state index is 0.112. The summed E-state index contributed by atoms with van der Waals surface area (Å²) < 4.78 is 15.9. The van der Waals surface area contributed by atoms with Crippen LogP contribution in [0.4, 0.5) is 10.1 Å². The fourth-order valence-electron chi connectivity index (χ4n) is 2.61. The van der Waals surface area contributed by atoms with Gasteiger partial charge in [0.2, 0.25) is 0 Å². The number of fused-ring (bicyclic) bond motifs is 3. The number of anilines is 1. The molecule has 0 atom stereocenters. The van der Waals surface area contributed by atoms with Crippen molar-refractivity contribution in [2.75, 3.05) is 5.32 Å². The average molecular weight is 274 g/mol. The normalized spacial score (nSPS) is 15.2. The minimum Gasteiger partial charge on any atom is -0.371 e. The van der Waals surface area contributed by atoms with E-state index in [2.05, 4.69) is 15.5 Å². The first kappa shape index (κ1) is 12.8. The molecule has 0 fully saturated rings. The summed E-state index contributed by atoms with van der Waals surface area (Å²) in [5, 5.41) is 11.4. The molecule has 0 radical (unpaired) electrons. The van der Waals surface area contributed by atoms with E-state index in [-0.39, 0.29) is 5.78 Å². The van der Waals surface area contributed by atoms with Gasteiger partial charge in [-0.3, -0.25) is 9.36 Å². The predicted octanol–water partition coefficient (Wildman–Crippen LogP) is 2.58. The summed E-state index contributed by atoms with van der Waals surface area (Å²) in [5.41, 5.74) is 0.743. The Labute approximate surface area is 115 Å². The molecule has 6 heteroatoms. The quantitative estimate of drug-likeness (QED) is 0.812. The van der Waals surface area contributed by atoms with Gasteiger partial charge in [0.05, 0.1) is 11.2 Å². The third-order valence-electron chi connectivity index (χ3n) is 3.55. The Morgan fingerprint density at radius 2 is 2.05 bits per heavy atom. The molecule has 1 aromatic heterocycles. The van der Waals surface area contributed by atoms with Crippen molar-refractivity contribution in [2.24, 2.45) is 0 Å². The van der Waals surface area contributed by atoms with Gasteiger partial charge in [-0.2, -0.15) is 0 Å². The van der Waals surface area contributed by atoms with Crippen LogP contribution in [0.5, 0.6) is 0 Å². The monoisotopic (exact) mass is 274 g/mol. The van der Waals surface area contributed by atoms with E-state index in [1.165, 1.54) is 19.1 Å². The number of benzene rings is 1. The average Bonchev–Trinajstić information content (AvgIpc) is 2.72. The number of carbonyl (C=O) groups is 1. The lowest BCUT2D eigenvalue weighted by atomic mass is 9.96. The van der Waals surface area contributed by atoms with Crippen LogP contribution in [0.15, 0.2) is 12.1 Å². The van der Waals surface area contributed by atoms with Crippen molar-refractivity contribution in [3.8, 4) is 5.69 Å². The molecule has 0 saturated heterocycles. The van der Waals surface area contributed by atoms with E-state index in [0.29, 0.717) is 28.6 Å². The van der Waals surface area contributed by atoms with E-state index in [1.54, 1.807) is 11.5 Å². The Balaban J connectivity index is 2.42. The molecule has 0 unspecified atom stereocenters. The van der Waals surface area contributed by atoms with Gasteiger partial charge in [-0.05, 0) is 39.8 Å². The first-order chi connectivity index (χ1) is 9.33. The highest BCUT2D eigenvalue weighted by atomic mass is 19.1. The predicted molar refractivity (Wildman–Crippen MR) is 72.7 cm³/mol. The van der Waals surface area contributed by atoms with Gasteiger partial charge in [0.15, 0.2) is 11.6 Å². The lowest BCUT2D eigenvalue weighted by molar-refractivity contribution is 0.101. The second-order valence-corrected chi connectivity index (χ2v) is 5.53. The van der Waals surface area contributed by atoms with E-state index in [4.69, 9.17) is 0 Å². The molecule has 0 spiro atoms. The maximum absolute atomic E-state index is 14.3. The van der Waals surface area contributed by atoms with E-state index in [0.717, 1.165) is 0 Å². The van der Waals surface area contributed by atoms with Gasteiger partial charge >= 0.3 is 0 Å². The van der Waals surface area contributed by atoms with Gasteiger partial charge in [-0.1, -0.05) is 0 Å². The number of nitrogens with one attached hydrogen (secondary N) is 1. The van der Waals surface area contributed by atoms with E-state index >= 15 is 0 Å². The van der Waals surface area contributed by atoms with E-state index < -0.39 is 11.4 Å². The van der Waals surface area contributed by atoms with Crippen LogP contribution in [-0.4, -0.2) is 20.5 Å². The number of hydrogen-bond acceptors (Lipinski definition) is 4. The Bertz CT molecular complexity index is 733. The number of hydrogen-bond donors (Lipinski definition) is 1. The third kappa shape index (κ3) is 1.57. The highest BCUT2D eigenvalue weighted by molar-refractivity contribution is 6.02. The smallest absolute Gasteiger partial charge is 0.162 e. The molecule has 5 nitrogen and oxygen atoms in total. The first-order valence-corrected chi connectivity index (χ1v) is 6.37. The Kier molecular flexibility index (Phi) is 2.48. The van der Waals surface area contributed by atoms with Crippen LogP contribution in [0.3, 0.4) is 0 Å². The number of carbonyl (C=O) groups excluding carboxylic acids is 1. The molecule has 0 saturated carbocycles. The molecule has 0 bridgehead atoms. The molecule has 2 aromatic rings. The molecule has 0 aliphatic carbocycles. The van der Waals surface area contributed by atoms with Gasteiger partial charge in [-0.25, -0.2) is 4.39 Å². The zero-order valence-corrected chi connectivity index (χ0v) is 11.8. The molecule has 1 aliphatic heterocycles. The molecular weight excluding hydrogens is 259 g/mol. The summed E-state index contributed by atoms with van der Waals surface area (Å²) in [4.78, 5) is 11.8. The van der Waals surface area contributed by atoms with Crippen molar-refractivity contribution >= 4 is 11.5 Å². The zero-order chi connectivity index (χ0) is 14.7. The Morgan fingerprint density at radius 1 is 1.35 bits per heavy atom. The number of rotatable bonds is 1. The largest absolute Gasteiger partial charge is 0.371 e. The van der Waals surface area contributed by atoms with Crippen molar-refractivity contribution in [3.05, 3.63) is 35.2 Å². The number of Topliss-reactive ketones (excluding diaryl/α,β-unsaturated/α-hetero) is 1. The fraction of sp³-hybridized carbons (Fsp3) is 0.357. The van der Waals surface area contributed by atoms with Crippen LogP contribution < -0.4 is 5.32 Å². The second kappa shape index (κ2) is 3.88. The summed E-state index contributed by atoms with van der Waals surface area (Å²) in [6, 6.07) is 2.81. The number of aromatic nitrogens is 3. The van der Waals surface area contributed by atoms with Crippen LogP contribution in [0.1, 0.15) is 42.8 Å². The van der Waals surface area contributed by atoms with E-state index in [1.807, 2.05) is 13.8 Å². The molecule has 1 aromatic carbocycles. The summed E-state index contributed by atoms with van der Waals surface area (Å²) in [6.45, 7) is 7.08. The first-order valence-electron chi connectivity index (χ1n) is 6.37. The molecule has 1 N–H and O–H groups in total. The third-order valence-corrected chi connectivity index (χ3v) is 3.55.